The predicted octanol–water partition coefficient (Wildman–Crippen LogP) is 2.08. The lowest BCUT2D eigenvalue weighted by Crippen LogP contribution is -2.51. The van der Waals surface area contributed by atoms with Crippen LogP contribution in [0.1, 0.15) is 30.4 Å². The number of nitrogens with zero attached hydrogens (tertiary/aromatic N) is 2. The van der Waals surface area contributed by atoms with Gasteiger partial charge in [-0.15, -0.1) is 0 Å². The van der Waals surface area contributed by atoms with E-state index >= 15 is 0 Å². The van der Waals surface area contributed by atoms with Crippen molar-refractivity contribution in [3.05, 3.63) is 35.4 Å². The molecule has 0 bridgehead atoms. The Labute approximate surface area is 155 Å². The van der Waals surface area contributed by atoms with Crippen molar-refractivity contribution in [3.8, 4) is 0 Å². The summed E-state index contributed by atoms with van der Waals surface area (Å²) in [6, 6.07) is 5.09. The van der Waals surface area contributed by atoms with E-state index in [4.69, 9.17) is 5.11 Å². The highest BCUT2D eigenvalue weighted by Gasteiger charge is 2.49. The number of halogens is 3. The second-order valence-electron chi connectivity index (χ2n) is 7.30. The van der Waals surface area contributed by atoms with Crippen LogP contribution in [0.3, 0.4) is 0 Å². The number of alkyl halides is 3. The molecule has 1 aromatic carbocycles. The van der Waals surface area contributed by atoms with Gasteiger partial charge >= 0.3 is 6.18 Å². The number of hydrogen-bond acceptors (Lipinski definition) is 3. The van der Waals surface area contributed by atoms with Crippen LogP contribution in [0.2, 0.25) is 0 Å². The van der Waals surface area contributed by atoms with Crippen LogP contribution in [0.25, 0.3) is 0 Å². The number of hydrogen-bond donors (Lipinski definition) is 1. The van der Waals surface area contributed by atoms with Gasteiger partial charge in [-0.2, -0.15) is 13.2 Å². The van der Waals surface area contributed by atoms with Crippen LogP contribution in [0, 0.1) is 5.41 Å². The van der Waals surface area contributed by atoms with Gasteiger partial charge in [-0.3, -0.25) is 9.59 Å². The van der Waals surface area contributed by atoms with Crippen molar-refractivity contribution in [1.29, 1.82) is 0 Å². The molecule has 2 aliphatic rings. The summed E-state index contributed by atoms with van der Waals surface area (Å²) in [4.78, 5) is 28.5. The summed E-state index contributed by atoms with van der Waals surface area (Å²) in [5, 5.41) is 9.11. The quantitative estimate of drug-likeness (QED) is 0.865. The van der Waals surface area contributed by atoms with Crippen LogP contribution in [0.5, 0.6) is 0 Å². The summed E-state index contributed by atoms with van der Waals surface area (Å²) >= 11 is 0. The number of aliphatic hydroxyl groups is 1. The minimum Gasteiger partial charge on any atom is -0.395 e. The van der Waals surface area contributed by atoms with E-state index in [2.05, 4.69) is 0 Å². The van der Waals surface area contributed by atoms with Crippen molar-refractivity contribution in [1.82, 2.24) is 9.80 Å². The largest absolute Gasteiger partial charge is 0.416 e. The summed E-state index contributed by atoms with van der Waals surface area (Å²) in [5.41, 5.74) is -1.50. The second kappa shape index (κ2) is 7.50. The third-order valence-electron chi connectivity index (χ3n) is 5.57. The van der Waals surface area contributed by atoms with E-state index in [9.17, 15) is 22.8 Å². The third kappa shape index (κ3) is 3.95. The van der Waals surface area contributed by atoms with Crippen LogP contribution in [0.15, 0.2) is 24.3 Å². The van der Waals surface area contributed by atoms with E-state index in [0.717, 1.165) is 12.5 Å². The van der Waals surface area contributed by atoms with E-state index in [1.165, 1.54) is 23.1 Å². The van der Waals surface area contributed by atoms with Gasteiger partial charge in [0.05, 0.1) is 24.0 Å². The number of benzene rings is 1. The molecule has 1 aromatic rings. The minimum absolute atomic E-state index is 0.0483. The normalized spacial score (nSPS) is 23.3. The van der Waals surface area contributed by atoms with E-state index in [-0.39, 0.29) is 37.6 Å². The topological polar surface area (TPSA) is 60.9 Å². The highest BCUT2D eigenvalue weighted by Crippen LogP contribution is 2.40. The summed E-state index contributed by atoms with van der Waals surface area (Å²) in [5.74, 6) is -0.454. The Kier molecular flexibility index (Phi) is 5.46. The highest BCUT2D eigenvalue weighted by molar-refractivity contribution is 5.86. The Morgan fingerprint density at radius 3 is 2.63 bits per heavy atom. The SMILES string of the molecule is O=C(Cc1ccccc1C(F)(F)F)N1CC[C@@]2(CCCN(CCO)C2=O)C1. The van der Waals surface area contributed by atoms with Crippen LogP contribution < -0.4 is 0 Å². The standard InChI is InChI=1S/C19H23F3N2O3/c20-19(21,22)15-5-2-1-4-14(15)12-16(26)24-9-7-18(13-24)6-3-8-23(10-11-25)17(18)27/h1-2,4-5,25H,3,6-13H2/t18-/m0/s1. The molecular formula is C19H23F3N2O3. The lowest BCUT2D eigenvalue weighted by molar-refractivity contribution is -0.146. The van der Waals surface area contributed by atoms with Gasteiger partial charge in [-0.25, -0.2) is 0 Å². The smallest absolute Gasteiger partial charge is 0.395 e. The molecule has 2 amide bonds. The number of β-amino-alcohol motifs (C(OH)–C–C–N with tert-alkyl or cyclic N) is 1. The predicted molar refractivity (Wildman–Crippen MR) is 91.7 cm³/mol. The summed E-state index contributed by atoms with van der Waals surface area (Å²) < 4.78 is 39.4. The van der Waals surface area contributed by atoms with Crippen molar-refractivity contribution < 1.29 is 27.9 Å². The fourth-order valence-corrected chi connectivity index (χ4v) is 4.18. The van der Waals surface area contributed by atoms with E-state index in [1.807, 2.05) is 0 Å². The molecule has 1 N–H and O–H groups in total. The lowest BCUT2D eigenvalue weighted by Gasteiger charge is -2.39. The Hall–Kier alpha value is -2.09. The molecule has 27 heavy (non-hydrogen) atoms. The zero-order valence-electron chi connectivity index (χ0n) is 15.0. The monoisotopic (exact) mass is 384 g/mol. The molecule has 1 spiro atoms. The number of carbonyl (C=O) groups excluding carboxylic acids is 2. The van der Waals surface area contributed by atoms with Gasteiger partial charge in [0.1, 0.15) is 0 Å². The number of carbonyl (C=O) groups is 2. The Morgan fingerprint density at radius 1 is 1.19 bits per heavy atom. The Balaban J connectivity index is 1.71. The maximum absolute atomic E-state index is 13.1. The zero-order chi connectivity index (χ0) is 19.7. The Bertz CT molecular complexity index is 720. The van der Waals surface area contributed by atoms with Crippen LogP contribution in [0.4, 0.5) is 13.2 Å². The molecule has 2 fully saturated rings. The maximum Gasteiger partial charge on any atom is 0.416 e. The van der Waals surface area contributed by atoms with Gasteiger partial charge in [-0.05, 0) is 30.9 Å². The van der Waals surface area contributed by atoms with Crippen molar-refractivity contribution in [2.75, 3.05) is 32.8 Å². The first-order valence-electron chi connectivity index (χ1n) is 9.10. The molecule has 2 saturated heterocycles. The summed E-state index contributed by atoms with van der Waals surface area (Å²) in [7, 11) is 0. The molecule has 0 saturated carbocycles. The molecule has 8 heteroatoms. The zero-order valence-corrected chi connectivity index (χ0v) is 15.0. The average Bonchev–Trinajstić information content (AvgIpc) is 3.04. The average molecular weight is 384 g/mol. The van der Waals surface area contributed by atoms with Crippen molar-refractivity contribution >= 4 is 11.8 Å². The molecule has 0 radical (unpaired) electrons. The molecule has 1 atom stereocenters. The molecule has 2 heterocycles. The minimum atomic E-state index is -4.51. The van der Waals surface area contributed by atoms with E-state index in [0.29, 0.717) is 25.9 Å². The molecule has 5 nitrogen and oxygen atoms in total. The first-order valence-corrected chi connectivity index (χ1v) is 9.10. The maximum atomic E-state index is 13.1. The fourth-order valence-electron chi connectivity index (χ4n) is 4.18. The van der Waals surface area contributed by atoms with Crippen molar-refractivity contribution in [2.24, 2.45) is 5.41 Å². The molecule has 2 aliphatic heterocycles. The van der Waals surface area contributed by atoms with Gasteiger partial charge in [-0.1, -0.05) is 18.2 Å². The van der Waals surface area contributed by atoms with Crippen LogP contribution >= 0.6 is 0 Å². The van der Waals surface area contributed by atoms with Crippen molar-refractivity contribution in [2.45, 2.75) is 31.9 Å². The molecule has 148 valence electrons. The van der Waals surface area contributed by atoms with Gasteiger partial charge in [0.2, 0.25) is 11.8 Å². The van der Waals surface area contributed by atoms with Gasteiger partial charge in [0.15, 0.2) is 0 Å². The molecule has 0 aliphatic carbocycles. The third-order valence-corrected chi connectivity index (χ3v) is 5.57. The van der Waals surface area contributed by atoms with Crippen molar-refractivity contribution in [3.63, 3.8) is 0 Å². The molecule has 3 rings (SSSR count). The van der Waals surface area contributed by atoms with E-state index in [1.54, 1.807) is 4.90 Å². The molecule has 0 aromatic heterocycles. The van der Waals surface area contributed by atoms with Gasteiger partial charge < -0.3 is 14.9 Å². The first kappa shape index (κ1) is 19.7. The van der Waals surface area contributed by atoms with Gasteiger partial charge in [0.25, 0.3) is 0 Å². The van der Waals surface area contributed by atoms with Gasteiger partial charge in [0, 0.05) is 26.2 Å². The number of likely N-dealkylation sites (tertiary alicyclic amines) is 2. The molecular weight excluding hydrogens is 361 g/mol. The number of aliphatic hydroxyl groups excluding tert-OH is 1. The highest BCUT2D eigenvalue weighted by atomic mass is 19.4. The summed E-state index contributed by atoms with van der Waals surface area (Å²) in [6.45, 7) is 1.35. The fraction of sp³-hybridized carbons (Fsp3) is 0.579. The first-order chi connectivity index (χ1) is 12.8. The Morgan fingerprint density at radius 2 is 1.93 bits per heavy atom. The molecule has 0 unspecified atom stereocenters. The van der Waals surface area contributed by atoms with Crippen LogP contribution in [-0.4, -0.2) is 59.5 Å². The summed E-state index contributed by atoms with van der Waals surface area (Å²) in [6.07, 6.45) is -2.87. The number of rotatable bonds is 4. The number of piperidine rings is 1. The lowest BCUT2D eigenvalue weighted by atomic mass is 9.78. The number of amides is 2. The van der Waals surface area contributed by atoms with E-state index < -0.39 is 23.1 Å². The van der Waals surface area contributed by atoms with Crippen LogP contribution in [-0.2, 0) is 22.2 Å². The second-order valence-corrected chi connectivity index (χ2v) is 7.30.